The smallest absolute Gasteiger partial charge is 0.306 e. The van der Waals surface area contributed by atoms with E-state index in [2.05, 4.69) is 11.7 Å². The van der Waals surface area contributed by atoms with Gasteiger partial charge < -0.3 is 9.84 Å². The molecule has 1 unspecified atom stereocenters. The number of esters is 1. The number of rotatable bonds is 9. The van der Waals surface area contributed by atoms with Gasteiger partial charge in [0.05, 0.1) is 13.5 Å². The Balaban J connectivity index is 3.23. The highest BCUT2D eigenvalue weighted by Gasteiger charge is 2.08. The van der Waals surface area contributed by atoms with E-state index in [0.717, 1.165) is 25.0 Å². The maximum atomic E-state index is 10.9. The van der Waals surface area contributed by atoms with E-state index in [4.69, 9.17) is 5.11 Å². The minimum absolute atomic E-state index is 0.129. The van der Waals surface area contributed by atoms with Gasteiger partial charge in [-0.1, -0.05) is 19.8 Å². The Bertz CT molecular complexity index is 162. The number of carbonyl (C=O) groups is 1. The monoisotopic (exact) mass is 234 g/mol. The van der Waals surface area contributed by atoms with Gasteiger partial charge in [0.1, 0.15) is 0 Å². The van der Waals surface area contributed by atoms with E-state index in [1.165, 1.54) is 13.5 Å². The van der Waals surface area contributed by atoms with Crippen LogP contribution in [0.4, 0.5) is 0 Å². The first kappa shape index (κ1) is 14.8. The highest BCUT2D eigenvalue weighted by Crippen LogP contribution is 2.16. The first-order chi connectivity index (χ1) is 7.20. The van der Waals surface area contributed by atoms with Crippen molar-refractivity contribution in [2.45, 2.75) is 44.3 Å². The molecule has 0 amide bonds. The molecule has 1 atom stereocenters. The zero-order valence-electron chi connectivity index (χ0n) is 9.70. The molecule has 15 heavy (non-hydrogen) atoms. The predicted octanol–water partition coefficient (Wildman–Crippen LogP) is 2.22. The van der Waals surface area contributed by atoms with Gasteiger partial charge in [0.2, 0.25) is 0 Å². The van der Waals surface area contributed by atoms with Crippen LogP contribution in [-0.4, -0.2) is 35.8 Å². The van der Waals surface area contributed by atoms with Gasteiger partial charge in [0.15, 0.2) is 0 Å². The summed E-state index contributed by atoms with van der Waals surface area (Å²) in [4.78, 5) is 10.9. The van der Waals surface area contributed by atoms with Gasteiger partial charge in [-0.25, -0.2) is 0 Å². The summed E-state index contributed by atoms with van der Waals surface area (Å²) in [5.41, 5.74) is 0. The van der Waals surface area contributed by atoms with Crippen LogP contribution in [0.25, 0.3) is 0 Å². The summed E-state index contributed by atoms with van der Waals surface area (Å²) in [6, 6.07) is 0. The summed E-state index contributed by atoms with van der Waals surface area (Å²) in [5, 5.41) is 8.92. The molecule has 0 saturated carbocycles. The van der Waals surface area contributed by atoms with E-state index in [-0.39, 0.29) is 5.97 Å². The number of thioether (sulfide) groups is 1. The number of hydrogen-bond acceptors (Lipinski definition) is 4. The summed E-state index contributed by atoms with van der Waals surface area (Å²) in [5.74, 6) is 0.958. The number of carbonyl (C=O) groups excluding carboxylic acids is 1. The highest BCUT2D eigenvalue weighted by atomic mass is 32.2. The fourth-order valence-electron chi connectivity index (χ4n) is 1.23. The molecular formula is C11H22O3S. The fourth-order valence-corrected chi connectivity index (χ4v) is 2.26. The standard InChI is InChI=1S/C11H22O3S/c1-10(9-11(13)14-2)15-8-6-4-3-5-7-12/h10,12H,3-9H2,1-2H3. The fraction of sp³-hybridized carbons (Fsp3) is 0.909. The average Bonchev–Trinajstić information content (AvgIpc) is 2.23. The van der Waals surface area contributed by atoms with Crippen LogP contribution >= 0.6 is 11.8 Å². The van der Waals surface area contributed by atoms with E-state index >= 15 is 0 Å². The maximum Gasteiger partial charge on any atom is 0.306 e. The summed E-state index contributed by atoms with van der Waals surface area (Å²) >= 11 is 1.81. The maximum absolute atomic E-state index is 10.9. The van der Waals surface area contributed by atoms with Crippen LogP contribution in [0.1, 0.15) is 39.0 Å². The number of methoxy groups -OCH3 is 1. The molecule has 3 nitrogen and oxygen atoms in total. The first-order valence-electron chi connectivity index (χ1n) is 5.50. The van der Waals surface area contributed by atoms with Crippen molar-refractivity contribution in [3.63, 3.8) is 0 Å². The third-order valence-electron chi connectivity index (χ3n) is 2.14. The summed E-state index contributed by atoms with van der Waals surface area (Å²) in [6.45, 7) is 2.35. The lowest BCUT2D eigenvalue weighted by molar-refractivity contribution is -0.140. The van der Waals surface area contributed by atoms with Crippen LogP contribution < -0.4 is 0 Å². The van der Waals surface area contributed by atoms with E-state index in [1.54, 1.807) is 0 Å². The molecule has 4 heteroatoms. The number of hydrogen-bond donors (Lipinski definition) is 1. The topological polar surface area (TPSA) is 46.5 Å². The normalized spacial score (nSPS) is 12.5. The Labute approximate surface area is 96.6 Å². The van der Waals surface area contributed by atoms with E-state index < -0.39 is 0 Å². The summed E-state index contributed by atoms with van der Waals surface area (Å²) in [7, 11) is 1.43. The van der Waals surface area contributed by atoms with Crippen LogP contribution in [0.15, 0.2) is 0 Å². The quantitative estimate of drug-likeness (QED) is 0.491. The Hall–Kier alpha value is -0.220. The number of unbranched alkanes of at least 4 members (excludes halogenated alkanes) is 3. The Morgan fingerprint density at radius 1 is 1.33 bits per heavy atom. The molecule has 0 rings (SSSR count). The molecule has 0 saturated heterocycles. The molecule has 0 radical (unpaired) electrons. The summed E-state index contributed by atoms with van der Waals surface area (Å²) < 4.78 is 4.60. The van der Waals surface area contributed by atoms with Crippen molar-refractivity contribution in [1.29, 1.82) is 0 Å². The van der Waals surface area contributed by atoms with Crippen LogP contribution in [-0.2, 0) is 9.53 Å². The van der Waals surface area contributed by atoms with Gasteiger partial charge >= 0.3 is 5.97 Å². The van der Waals surface area contributed by atoms with Gasteiger partial charge in [0.25, 0.3) is 0 Å². The molecule has 90 valence electrons. The van der Waals surface area contributed by atoms with Crippen molar-refractivity contribution < 1.29 is 14.6 Å². The second kappa shape index (κ2) is 10.3. The van der Waals surface area contributed by atoms with Crippen molar-refractivity contribution in [3.8, 4) is 0 Å². The lowest BCUT2D eigenvalue weighted by Gasteiger charge is -2.09. The first-order valence-corrected chi connectivity index (χ1v) is 6.55. The number of ether oxygens (including phenoxy) is 1. The SMILES string of the molecule is COC(=O)CC(C)SCCCCCCO. The third-order valence-corrected chi connectivity index (χ3v) is 3.40. The summed E-state index contributed by atoms with van der Waals surface area (Å²) in [6.07, 6.45) is 4.83. The molecule has 0 fully saturated rings. The molecular weight excluding hydrogens is 212 g/mol. The van der Waals surface area contributed by atoms with Crippen molar-refractivity contribution in [1.82, 2.24) is 0 Å². The molecule has 0 heterocycles. The molecule has 0 aromatic carbocycles. The van der Waals surface area contributed by atoms with E-state index in [9.17, 15) is 4.79 Å². The molecule has 0 aromatic heterocycles. The van der Waals surface area contributed by atoms with Gasteiger partial charge in [-0.3, -0.25) is 4.79 Å². The minimum atomic E-state index is -0.129. The Morgan fingerprint density at radius 3 is 2.60 bits per heavy atom. The highest BCUT2D eigenvalue weighted by molar-refractivity contribution is 7.99. The molecule has 1 N–H and O–H groups in total. The van der Waals surface area contributed by atoms with Crippen molar-refractivity contribution in [3.05, 3.63) is 0 Å². The molecule has 0 aliphatic heterocycles. The van der Waals surface area contributed by atoms with Gasteiger partial charge in [-0.05, 0) is 18.6 Å². The Kier molecular flexibility index (Phi) is 10.2. The van der Waals surface area contributed by atoms with Crippen molar-refractivity contribution in [2.24, 2.45) is 0 Å². The second-order valence-electron chi connectivity index (χ2n) is 3.60. The van der Waals surface area contributed by atoms with Crippen molar-refractivity contribution in [2.75, 3.05) is 19.5 Å². The molecule has 0 spiro atoms. The molecule has 0 bridgehead atoms. The predicted molar refractivity (Wildman–Crippen MR) is 64.1 cm³/mol. The van der Waals surface area contributed by atoms with Crippen LogP contribution in [0.3, 0.4) is 0 Å². The van der Waals surface area contributed by atoms with Gasteiger partial charge in [-0.2, -0.15) is 11.8 Å². The second-order valence-corrected chi connectivity index (χ2v) is 5.15. The molecule has 0 aromatic rings. The van der Waals surface area contributed by atoms with Crippen LogP contribution in [0.2, 0.25) is 0 Å². The lowest BCUT2D eigenvalue weighted by Crippen LogP contribution is -2.09. The van der Waals surface area contributed by atoms with Gasteiger partial charge in [-0.15, -0.1) is 0 Å². The van der Waals surface area contributed by atoms with E-state index in [1.807, 2.05) is 11.8 Å². The van der Waals surface area contributed by atoms with E-state index in [0.29, 0.717) is 18.3 Å². The zero-order chi connectivity index (χ0) is 11.5. The zero-order valence-corrected chi connectivity index (χ0v) is 10.5. The molecule has 0 aliphatic carbocycles. The average molecular weight is 234 g/mol. The molecule has 0 aliphatic rings. The third kappa shape index (κ3) is 10.1. The van der Waals surface area contributed by atoms with Gasteiger partial charge in [0, 0.05) is 11.9 Å². The number of aliphatic hydroxyl groups is 1. The van der Waals surface area contributed by atoms with Crippen LogP contribution in [0.5, 0.6) is 0 Å². The lowest BCUT2D eigenvalue weighted by atomic mass is 10.2. The largest absolute Gasteiger partial charge is 0.469 e. The van der Waals surface area contributed by atoms with Crippen LogP contribution in [0, 0.1) is 0 Å². The minimum Gasteiger partial charge on any atom is -0.469 e. The van der Waals surface area contributed by atoms with Crippen molar-refractivity contribution >= 4 is 17.7 Å². The Morgan fingerprint density at radius 2 is 2.00 bits per heavy atom. The number of aliphatic hydroxyl groups excluding tert-OH is 1.